The second kappa shape index (κ2) is 34.2. The summed E-state index contributed by atoms with van der Waals surface area (Å²) in [5, 5.41) is 8.97. The summed E-state index contributed by atoms with van der Waals surface area (Å²) in [6.07, 6.45) is 24.7. The molecule has 0 fully saturated rings. The van der Waals surface area contributed by atoms with E-state index >= 15 is 0 Å². The molecule has 0 heterocycles. The number of carboxylic acids is 1. The number of nitrogens with two attached hydrogens (primary N) is 1. The van der Waals surface area contributed by atoms with Crippen LogP contribution >= 0.6 is 7.82 Å². The summed E-state index contributed by atoms with van der Waals surface area (Å²) >= 11 is 0. The first kappa shape index (κ1) is 55.5. The summed E-state index contributed by atoms with van der Waals surface area (Å²) in [6, 6.07) is -1.42. The number of hydrogen-bond donors (Lipinski definition) is 3. The highest BCUT2D eigenvalue weighted by molar-refractivity contribution is 7.47. The fourth-order valence-corrected chi connectivity index (χ4v) is 8.19. The first-order chi connectivity index (χ1) is 26.4. The van der Waals surface area contributed by atoms with E-state index in [1.165, 1.54) is 109 Å². The summed E-state index contributed by atoms with van der Waals surface area (Å²) in [7, 11) is -4.51. The minimum absolute atomic E-state index is 0.206. The van der Waals surface area contributed by atoms with E-state index in [4.69, 9.17) is 29.4 Å². The van der Waals surface area contributed by atoms with Crippen molar-refractivity contribution in [2.45, 2.75) is 210 Å². The van der Waals surface area contributed by atoms with Gasteiger partial charge in [0.1, 0.15) is 12.1 Å². The number of phosphoric acid groups is 1. The fraction of sp³-hybridized carbons (Fsp3) is 0.978. The third-order valence-corrected chi connectivity index (χ3v) is 12.7. The van der Waals surface area contributed by atoms with Crippen molar-refractivity contribution in [2.24, 2.45) is 53.1 Å². The molecule has 0 aromatic rings. The Kier molecular flexibility index (Phi) is 33.9. The number of carboxylic acid groups (broad SMARTS) is 1. The van der Waals surface area contributed by atoms with Crippen LogP contribution in [0.5, 0.6) is 0 Å². The van der Waals surface area contributed by atoms with E-state index in [0.717, 1.165) is 54.8 Å². The Balaban J connectivity index is 4.56. The van der Waals surface area contributed by atoms with Gasteiger partial charge in [-0.25, -0.2) is 4.57 Å². The van der Waals surface area contributed by atoms with Crippen LogP contribution in [0.2, 0.25) is 0 Å². The number of phosphoric ester groups is 1. The SMILES string of the molecule is CC(C)CCCC(C)CCCC(C)CCCC(C)CCOC[C@H](COP(=O)(O)OC[C@H](N)C(=O)O)OCCC(C)CCCC(C)CCCC(C)CCCC(C)C. The Labute approximate surface area is 346 Å². The van der Waals surface area contributed by atoms with Gasteiger partial charge in [-0.3, -0.25) is 13.8 Å². The largest absolute Gasteiger partial charge is 0.480 e. The van der Waals surface area contributed by atoms with Gasteiger partial charge in [-0.05, 0) is 60.2 Å². The zero-order valence-electron chi connectivity index (χ0n) is 38.3. The molecule has 0 spiro atoms. The van der Waals surface area contributed by atoms with Crippen LogP contribution in [-0.2, 0) is 27.9 Å². The van der Waals surface area contributed by atoms with Crippen LogP contribution in [0.3, 0.4) is 0 Å². The predicted octanol–water partition coefficient (Wildman–Crippen LogP) is 12.9. The van der Waals surface area contributed by atoms with Gasteiger partial charge < -0.3 is 25.2 Å². The number of ether oxygens (including phenoxy) is 2. The Morgan fingerprint density at radius 2 is 0.821 bits per heavy atom. The van der Waals surface area contributed by atoms with Crippen LogP contribution in [0.4, 0.5) is 0 Å². The molecule has 9 atom stereocenters. The van der Waals surface area contributed by atoms with Crippen molar-refractivity contribution in [3.05, 3.63) is 0 Å². The standard InChI is InChI=1S/C46H94NO8P/c1-36(2)17-11-19-38(5)21-13-23-40(7)25-15-27-42(9)29-31-52-33-44(34-54-56(50,51)55-35-45(47)46(48)49)53-32-30-43(10)28-16-26-41(8)24-14-22-39(6)20-12-18-37(3)4/h36-45H,11-35,47H2,1-10H3,(H,48,49)(H,50,51)/t38?,39?,40?,41?,42?,43?,44-,45+/m1/s1. The molecule has 0 rings (SSSR count). The van der Waals surface area contributed by atoms with Gasteiger partial charge in [0, 0.05) is 13.2 Å². The molecule has 0 amide bonds. The molecule has 4 N–H and O–H groups in total. The first-order valence-electron chi connectivity index (χ1n) is 23.2. The third-order valence-electron chi connectivity index (χ3n) is 11.7. The van der Waals surface area contributed by atoms with Crippen molar-refractivity contribution >= 4 is 13.8 Å². The van der Waals surface area contributed by atoms with Crippen molar-refractivity contribution in [3.63, 3.8) is 0 Å². The highest BCUT2D eigenvalue weighted by Crippen LogP contribution is 2.43. The third kappa shape index (κ3) is 35.4. The molecule has 0 radical (unpaired) electrons. The van der Waals surface area contributed by atoms with Crippen molar-refractivity contribution < 1.29 is 37.9 Å². The molecule has 9 nitrogen and oxygen atoms in total. The quantitative estimate of drug-likeness (QED) is 0.0407. The van der Waals surface area contributed by atoms with Gasteiger partial charge >= 0.3 is 13.8 Å². The molecule has 0 aromatic carbocycles. The van der Waals surface area contributed by atoms with E-state index in [-0.39, 0.29) is 13.2 Å². The zero-order valence-corrected chi connectivity index (χ0v) is 39.2. The van der Waals surface area contributed by atoms with Crippen molar-refractivity contribution in [3.8, 4) is 0 Å². The number of hydrogen-bond acceptors (Lipinski definition) is 7. The molecule has 7 unspecified atom stereocenters. The average molecular weight is 820 g/mol. The smallest absolute Gasteiger partial charge is 0.472 e. The van der Waals surface area contributed by atoms with Gasteiger partial charge in [-0.1, -0.05) is 185 Å². The highest BCUT2D eigenvalue weighted by Gasteiger charge is 2.27. The first-order valence-corrected chi connectivity index (χ1v) is 24.7. The second-order valence-electron chi connectivity index (χ2n) is 19.2. The summed E-state index contributed by atoms with van der Waals surface area (Å²) in [5.74, 6) is 4.54. The molecule has 0 aromatic heterocycles. The maximum Gasteiger partial charge on any atom is 0.472 e. The second-order valence-corrected chi connectivity index (χ2v) is 20.6. The van der Waals surface area contributed by atoms with Crippen molar-refractivity contribution in [2.75, 3.05) is 33.0 Å². The minimum Gasteiger partial charge on any atom is -0.480 e. The Bertz CT molecular complexity index is 967. The fourth-order valence-electron chi connectivity index (χ4n) is 7.41. The van der Waals surface area contributed by atoms with E-state index in [1.54, 1.807) is 0 Å². The topological polar surface area (TPSA) is 138 Å². The van der Waals surface area contributed by atoms with Crippen LogP contribution in [0.1, 0.15) is 198 Å². The van der Waals surface area contributed by atoms with Gasteiger partial charge in [0.15, 0.2) is 0 Å². The summed E-state index contributed by atoms with van der Waals surface area (Å²) < 4.78 is 34.6. The zero-order chi connectivity index (χ0) is 42.4. The Morgan fingerprint density at radius 3 is 1.18 bits per heavy atom. The average Bonchev–Trinajstić information content (AvgIpc) is 3.10. The molecular weight excluding hydrogens is 725 g/mol. The summed E-state index contributed by atoms with van der Waals surface area (Å²) in [6.45, 7) is 23.9. The number of aliphatic carboxylic acids is 1. The molecule has 0 aliphatic heterocycles. The molecule has 0 saturated carbocycles. The lowest BCUT2D eigenvalue weighted by molar-refractivity contribution is -0.139. The van der Waals surface area contributed by atoms with Crippen LogP contribution in [-0.4, -0.2) is 61.1 Å². The predicted molar refractivity (Wildman–Crippen MR) is 235 cm³/mol. The number of carbonyl (C=O) groups is 1. The maximum absolute atomic E-state index is 12.4. The van der Waals surface area contributed by atoms with Crippen LogP contribution in [0.25, 0.3) is 0 Å². The van der Waals surface area contributed by atoms with Crippen LogP contribution < -0.4 is 5.73 Å². The maximum atomic E-state index is 12.4. The molecule has 0 aliphatic rings. The van der Waals surface area contributed by atoms with Crippen LogP contribution in [0, 0.1) is 47.3 Å². The lowest BCUT2D eigenvalue weighted by Gasteiger charge is -2.22. The molecule has 10 heteroatoms. The highest BCUT2D eigenvalue weighted by atomic mass is 31.2. The molecule has 336 valence electrons. The summed E-state index contributed by atoms with van der Waals surface area (Å²) in [5.41, 5.74) is 5.42. The summed E-state index contributed by atoms with van der Waals surface area (Å²) in [4.78, 5) is 21.1. The van der Waals surface area contributed by atoms with E-state index in [9.17, 15) is 14.3 Å². The van der Waals surface area contributed by atoms with E-state index < -0.39 is 32.5 Å². The molecule has 0 bridgehead atoms. The van der Waals surface area contributed by atoms with Crippen molar-refractivity contribution in [1.29, 1.82) is 0 Å². The molecule has 56 heavy (non-hydrogen) atoms. The van der Waals surface area contributed by atoms with Gasteiger partial charge in [0.2, 0.25) is 0 Å². The van der Waals surface area contributed by atoms with Crippen LogP contribution in [0.15, 0.2) is 0 Å². The van der Waals surface area contributed by atoms with Gasteiger partial charge in [-0.15, -0.1) is 0 Å². The van der Waals surface area contributed by atoms with E-state index in [1.807, 2.05) is 0 Å². The van der Waals surface area contributed by atoms with E-state index in [0.29, 0.717) is 25.0 Å². The lowest BCUT2D eigenvalue weighted by Crippen LogP contribution is -2.34. The Hall–Kier alpha value is -0.540. The molecule has 0 aliphatic carbocycles. The van der Waals surface area contributed by atoms with Gasteiger partial charge in [0.05, 0.1) is 19.8 Å². The van der Waals surface area contributed by atoms with Crippen molar-refractivity contribution in [1.82, 2.24) is 0 Å². The number of rotatable bonds is 40. The van der Waals surface area contributed by atoms with E-state index in [2.05, 4.69) is 69.2 Å². The van der Waals surface area contributed by atoms with Gasteiger partial charge in [0.25, 0.3) is 0 Å². The van der Waals surface area contributed by atoms with Gasteiger partial charge in [-0.2, -0.15) is 0 Å². The molecule has 0 saturated heterocycles. The molecular formula is C46H94NO8P. The monoisotopic (exact) mass is 820 g/mol. The lowest BCUT2D eigenvalue weighted by atomic mass is 9.91. The Morgan fingerprint density at radius 1 is 0.500 bits per heavy atom. The minimum atomic E-state index is -4.51. The normalized spacial score (nSPS) is 17.7.